The van der Waals surface area contributed by atoms with E-state index in [2.05, 4.69) is 0 Å². The van der Waals surface area contributed by atoms with Crippen molar-refractivity contribution in [3.63, 3.8) is 0 Å². The van der Waals surface area contributed by atoms with Gasteiger partial charge in [-0.25, -0.2) is 4.79 Å². The number of nitrogen functional groups attached to an aromatic ring is 3. The lowest BCUT2D eigenvalue weighted by atomic mass is 10.2. The molecule has 0 bridgehead atoms. The fourth-order valence-corrected chi connectivity index (χ4v) is 1.37. The van der Waals surface area contributed by atoms with Crippen LogP contribution in [0, 0.1) is 6.92 Å². The minimum absolute atomic E-state index is 0.222. The average molecular weight is 259 g/mol. The molecule has 0 atom stereocenters. The number of benzene rings is 2. The highest BCUT2D eigenvalue weighted by atomic mass is 16.4. The number of nitrogens with two attached hydrogens (primary N) is 3. The van der Waals surface area contributed by atoms with Crippen LogP contribution in [0.4, 0.5) is 17.1 Å². The fourth-order valence-electron chi connectivity index (χ4n) is 1.37. The maximum absolute atomic E-state index is 10.3. The molecule has 0 fully saturated rings. The Morgan fingerprint density at radius 3 is 2.05 bits per heavy atom. The lowest BCUT2D eigenvalue weighted by Crippen LogP contribution is -1.96. The van der Waals surface area contributed by atoms with E-state index in [1.165, 1.54) is 12.1 Å². The summed E-state index contributed by atoms with van der Waals surface area (Å²) < 4.78 is 0. The molecule has 0 radical (unpaired) electrons. The summed E-state index contributed by atoms with van der Waals surface area (Å²) in [6, 6.07) is 11.6. The van der Waals surface area contributed by atoms with Gasteiger partial charge in [0.25, 0.3) is 0 Å². The number of aryl methyl sites for hydroxylation is 1. The Labute approximate surface area is 111 Å². The third kappa shape index (κ3) is 4.59. The third-order valence-electron chi connectivity index (χ3n) is 2.43. The van der Waals surface area contributed by atoms with Crippen LogP contribution in [0.3, 0.4) is 0 Å². The van der Waals surface area contributed by atoms with E-state index in [9.17, 15) is 4.79 Å². The van der Waals surface area contributed by atoms with Crippen LogP contribution >= 0.6 is 0 Å². The first-order valence-corrected chi connectivity index (χ1v) is 5.60. The first kappa shape index (κ1) is 14.4. The molecule has 0 saturated carbocycles. The SMILES string of the molecule is Cc1cc(N)ccc1N.Nc1cccc(C(=O)O)c1. The molecule has 0 unspecified atom stereocenters. The van der Waals surface area contributed by atoms with Crippen molar-refractivity contribution >= 4 is 23.0 Å². The fraction of sp³-hybridized carbons (Fsp3) is 0.0714. The Morgan fingerprint density at radius 1 is 1.00 bits per heavy atom. The van der Waals surface area contributed by atoms with E-state index in [1.807, 2.05) is 19.1 Å². The standard InChI is InChI=1S/C7H10N2.C7H7NO2/c1-5-4-6(8)2-3-7(5)9;8-6-3-1-2-5(4-6)7(9)10/h2-4H,8-9H2,1H3;1-4H,8H2,(H,9,10). The Kier molecular flexibility index (Phi) is 4.76. The van der Waals surface area contributed by atoms with Gasteiger partial charge < -0.3 is 22.3 Å². The first-order chi connectivity index (χ1) is 8.90. The molecule has 0 aliphatic rings. The van der Waals surface area contributed by atoms with Gasteiger partial charge in [0.1, 0.15) is 0 Å². The average Bonchev–Trinajstić information content (AvgIpc) is 2.35. The summed E-state index contributed by atoms with van der Waals surface area (Å²) in [5, 5.41) is 8.45. The van der Waals surface area contributed by atoms with Gasteiger partial charge in [0.15, 0.2) is 0 Å². The zero-order valence-electron chi connectivity index (χ0n) is 10.6. The van der Waals surface area contributed by atoms with Gasteiger partial charge in [0, 0.05) is 17.1 Å². The number of aromatic carboxylic acids is 1. The van der Waals surface area contributed by atoms with Gasteiger partial charge >= 0.3 is 5.97 Å². The van der Waals surface area contributed by atoms with Crippen LogP contribution in [-0.4, -0.2) is 11.1 Å². The van der Waals surface area contributed by atoms with Crippen molar-refractivity contribution in [1.82, 2.24) is 0 Å². The first-order valence-electron chi connectivity index (χ1n) is 5.60. The molecule has 0 heterocycles. The molecule has 0 saturated heterocycles. The van der Waals surface area contributed by atoms with Gasteiger partial charge in [-0.05, 0) is 48.9 Å². The molecular formula is C14H17N3O2. The van der Waals surface area contributed by atoms with Gasteiger partial charge in [-0.3, -0.25) is 0 Å². The molecule has 0 aromatic heterocycles. The minimum Gasteiger partial charge on any atom is -0.478 e. The molecular weight excluding hydrogens is 242 g/mol. The van der Waals surface area contributed by atoms with Crippen LogP contribution < -0.4 is 17.2 Å². The van der Waals surface area contributed by atoms with Gasteiger partial charge in [0.2, 0.25) is 0 Å². The Bertz CT molecular complexity index is 583. The maximum atomic E-state index is 10.3. The molecule has 0 aliphatic heterocycles. The van der Waals surface area contributed by atoms with Crippen molar-refractivity contribution in [2.75, 3.05) is 17.2 Å². The van der Waals surface area contributed by atoms with Crippen LogP contribution in [0.25, 0.3) is 0 Å². The number of carboxylic acid groups (broad SMARTS) is 1. The largest absolute Gasteiger partial charge is 0.478 e. The summed E-state index contributed by atoms with van der Waals surface area (Å²) in [4.78, 5) is 10.3. The molecule has 5 heteroatoms. The van der Waals surface area contributed by atoms with E-state index < -0.39 is 5.97 Å². The lowest BCUT2D eigenvalue weighted by Gasteiger charge is -1.98. The second-order valence-corrected chi connectivity index (χ2v) is 4.05. The summed E-state index contributed by atoms with van der Waals surface area (Å²) in [6.07, 6.45) is 0. The molecule has 2 aromatic carbocycles. The number of rotatable bonds is 1. The van der Waals surface area contributed by atoms with Crippen molar-refractivity contribution in [2.45, 2.75) is 6.92 Å². The normalized spacial score (nSPS) is 9.32. The zero-order chi connectivity index (χ0) is 14.4. The van der Waals surface area contributed by atoms with Gasteiger partial charge in [-0.2, -0.15) is 0 Å². The molecule has 2 aromatic rings. The molecule has 5 nitrogen and oxygen atoms in total. The smallest absolute Gasteiger partial charge is 0.335 e. The summed E-state index contributed by atoms with van der Waals surface area (Å²) >= 11 is 0. The lowest BCUT2D eigenvalue weighted by molar-refractivity contribution is 0.0697. The summed E-state index contributed by atoms with van der Waals surface area (Å²) in [5.41, 5.74) is 19.6. The van der Waals surface area contributed by atoms with Gasteiger partial charge in [-0.15, -0.1) is 0 Å². The van der Waals surface area contributed by atoms with Crippen LogP contribution in [-0.2, 0) is 0 Å². The molecule has 7 N–H and O–H groups in total. The Morgan fingerprint density at radius 2 is 1.63 bits per heavy atom. The predicted octanol–water partition coefficient (Wildman–Crippen LogP) is 2.13. The predicted molar refractivity (Wildman–Crippen MR) is 77.8 cm³/mol. The summed E-state index contributed by atoms with van der Waals surface area (Å²) in [6.45, 7) is 1.94. The number of hydrogen-bond acceptors (Lipinski definition) is 4. The van der Waals surface area contributed by atoms with Crippen molar-refractivity contribution in [2.24, 2.45) is 0 Å². The molecule has 0 aliphatic carbocycles. The van der Waals surface area contributed by atoms with E-state index in [1.54, 1.807) is 18.2 Å². The highest BCUT2D eigenvalue weighted by molar-refractivity contribution is 5.88. The van der Waals surface area contributed by atoms with E-state index in [-0.39, 0.29) is 5.56 Å². The summed E-state index contributed by atoms with van der Waals surface area (Å²) in [5.74, 6) is -0.952. The molecule has 0 amide bonds. The second-order valence-electron chi connectivity index (χ2n) is 4.05. The van der Waals surface area contributed by atoms with E-state index in [4.69, 9.17) is 22.3 Å². The highest BCUT2D eigenvalue weighted by Gasteiger charge is 1.99. The van der Waals surface area contributed by atoms with Crippen molar-refractivity contribution < 1.29 is 9.90 Å². The van der Waals surface area contributed by atoms with E-state index in [0.717, 1.165) is 16.9 Å². The zero-order valence-corrected chi connectivity index (χ0v) is 10.6. The summed E-state index contributed by atoms with van der Waals surface area (Å²) in [7, 11) is 0. The monoisotopic (exact) mass is 259 g/mol. The van der Waals surface area contributed by atoms with Crippen LogP contribution in [0.15, 0.2) is 42.5 Å². The molecule has 100 valence electrons. The molecule has 0 spiro atoms. The highest BCUT2D eigenvalue weighted by Crippen LogP contribution is 2.12. The number of carboxylic acids is 1. The van der Waals surface area contributed by atoms with Crippen molar-refractivity contribution in [3.05, 3.63) is 53.6 Å². The van der Waals surface area contributed by atoms with Gasteiger partial charge in [-0.1, -0.05) is 6.07 Å². The van der Waals surface area contributed by atoms with Crippen LogP contribution in [0.1, 0.15) is 15.9 Å². The van der Waals surface area contributed by atoms with Crippen LogP contribution in [0.2, 0.25) is 0 Å². The quantitative estimate of drug-likeness (QED) is 0.585. The molecule has 2 rings (SSSR count). The second kappa shape index (κ2) is 6.30. The number of hydrogen-bond donors (Lipinski definition) is 4. The third-order valence-corrected chi connectivity index (χ3v) is 2.43. The van der Waals surface area contributed by atoms with E-state index >= 15 is 0 Å². The van der Waals surface area contributed by atoms with Crippen LogP contribution in [0.5, 0.6) is 0 Å². The van der Waals surface area contributed by atoms with Crippen molar-refractivity contribution in [1.29, 1.82) is 0 Å². The topological polar surface area (TPSA) is 115 Å². The number of anilines is 3. The number of carbonyl (C=O) groups is 1. The van der Waals surface area contributed by atoms with E-state index in [0.29, 0.717) is 5.69 Å². The maximum Gasteiger partial charge on any atom is 0.335 e. The molecule has 19 heavy (non-hydrogen) atoms. The van der Waals surface area contributed by atoms with Gasteiger partial charge in [0.05, 0.1) is 5.56 Å². The Hall–Kier alpha value is -2.69. The Balaban J connectivity index is 0.000000191. The minimum atomic E-state index is -0.952. The van der Waals surface area contributed by atoms with Crippen molar-refractivity contribution in [3.8, 4) is 0 Å².